The summed E-state index contributed by atoms with van der Waals surface area (Å²) in [5.41, 5.74) is 10.6. The van der Waals surface area contributed by atoms with Crippen molar-refractivity contribution in [3.05, 3.63) is 35.1 Å². The highest BCUT2D eigenvalue weighted by molar-refractivity contribution is 7.90. The van der Waals surface area contributed by atoms with Crippen molar-refractivity contribution in [2.75, 3.05) is 5.75 Å². The van der Waals surface area contributed by atoms with Gasteiger partial charge in [-0.2, -0.15) is 0 Å². The van der Waals surface area contributed by atoms with Gasteiger partial charge in [0.05, 0.1) is 11.5 Å². The molecule has 1 unspecified atom stereocenters. The van der Waals surface area contributed by atoms with E-state index in [4.69, 9.17) is 11.5 Å². The van der Waals surface area contributed by atoms with E-state index in [1.807, 2.05) is 0 Å². The van der Waals surface area contributed by atoms with Crippen LogP contribution in [0.25, 0.3) is 0 Å². The highest BCUT2D eigenvalue weighted by atomic mass is 32.2. The Morgan fingerprint density at radius 2 is 2.05 bits per heavy atom. The Bertz CT molecular complexity index is 572. The molecule has 5 nitrogen and oxygen atoms in total. The number of carbonyl (C=O) groups is 1. The number of sulfone groups is 1. The van der Waals surface area contributed by atoms with Crippen molar-refractivity contribution in [2.45, 2.75) is 25.1 Å². The predicted octanol–water partition coefficient (Wildman–Crippen LogP) is 0.577. The summed E-state index contributed by atoms with van der Waals surface area (Å²) in [4.78, 5) is 10.9. The Labute approximate surface area is 111 Å². The fraction of sp³-hybridized carbons (Fsp3) is 0.417. The zero-order valence-electron chi connectivity index (χ0n) is 10.6. The van der Waals surface area contributed by atoms with Gasteiger partial charge in [-0.3, -0.25) is 4.79 Å². The zero-order valence-corrected chi connectivity index (χ0v) is 11.4. The summed E-state index contributed by atoms with van der Waals surface area (Å²) in [5.74, 6) is -2.15. The molecule has 0 radical (unpaired) electrons. The monoisotopic (exact) mass is 288 g/mol. The first-order valence-corrected chi connectivity index (χ1v) is 7.61. The van der Waals surface area contributed by atoms with E-state index in [2.05, 4.69) is 0 Å². The highest BCUT2D eigenvalue weighted by Gasteiger charge is 2.18. The third-order valence-corrected chi connectivity index (χ3v) is 4.39. The Morgan fingerprint density at radius 1 is 1.42 bits per heavy atom. The lowest BCUT2D eigenvalue weighted by molar-refractivity contribution is 0.1000. The average Bonchev–Trinajstić information content (AvgIpc) is 2.30. The second-order valence-corrected chi connectivity index (χ2v) is 6.50. The van der Waals surface area contributed by atoms with Gasteiger partial charge in [0.2, 0.25) is 5.91 Å². The zero-order chi connectivity index (χ0) is 14.6. The van der Waals surface area contributed by atoms with Gasteiger partial charge >= 0.3 is 0 Å². The molecule has 0 spiro atoms. The number of amides is 1. The third kappa shape index (κ3) is 4.60. The van der Waals surface area contributed by atoms with E-state index in [0.29, 0.717) is 6.42 Å². The molecule has 1 aromatic rings. The summed E-state index contributed by atoms with van der Waals surface area (Å²) in [6.45, 7) is 1.78. The van der Waals surface area contributed by atoms with E-state index in [1.54, 1.807) is 6.92 Å². The summed E-state index contributed by atoms with van der Waals surface area (Å²) in [6, 6.07) is 3.03. The minimum Gasteiger partial charge on any atom is -0.366 e. The molecule has 0 aliphatic carbocycles. The standard InChI is InChI=1S/C12H17FN2O3S/c1-2-10(14)7-19(17,18)6-9-4-3-8(12(15)16)5-11(9)13/h3-5,10H,2,6-7,14H2,1H3,(H2,15,16). The van der Waals surface area contributed by atoms with Crippen LogP contribution < -0.4 is 11.5 Å². The molecule has 1 amide bonds. The average molecular weight is 288 g/mol. The Balaban J connectivity index is 2.91. The molecule has 1 rings (SSSR count). The van der Waals surface area contributed by atoms with Crippen LogP contribution in [0.15, 0.2) is 18.2 Å². The van der Waals surface area contributed by atoms with Crippen molar-refractivity contribution in [1.82, 2.24) is 0 Å². The van der Waals surface area contributed by atoms with Crippen LogP contribution in [0.2, 0.25) is 0 Å². The van der Waals surface area contributed by atoms with Crippen molar-refractivity contribution >= 4 is 15.7 Å². The van der Waals surface area contributed by atoms with E-state index in [1.165, 1.54) is 12.1 Å². The van der Waals surface area contributed by atoms with Crippen molar-refractivity contribution in [3.63, 3.8) is 0 Å². The van der Waals surface area contributed by atoms with Crippen molar-refractivity contribution in [1.29, 1.82) is 0 Å². The molecule has 4 N–H and O–H groups in total. The summed E-state index contributed by atoms with van der Waals surface area (Å²) in [6.07, 6.45) is 0.530. The number of primary amides is 1. The summed E-state index contributed by atoms with van der Waals surface area (Å²) < 4.78 is 37.3. The van der Waals surface area contributed by atoms with Gasteiger partial charge in [-0.1, -0.05) is 13.0 Å². The highest BCUT2D eigenvalue weighted by Crippen LogP contribution is 2.14. The first-order valence-electron chi connectivity index (χ1n) is 5.79. The number of nitrogens with two attached hydrogens (primary N) is 2. The van der Waals surface area contributed by atoms with Gasteiger partial charge in [-0.25, -0.2) is 12.8 Å². The summed E-state index contributed by atoms with van der Waals surface area (Å²) >= 11 is 0. The maximum atomic E-state index is 13.7. The van der Waals surface area contributed by atoms with Gasteiger partial charge in [0.25, 0.3) is 0 Å². The number of carbonyl (C=O) groups excluding carboxylic acids is 1. The van der Waals surface area contributed by atoms with Crippen LogP contribution in [-0.4, -0.2) is 26.1 Å². The summed E-state index contributed by atoms with van der Waals surface area (Å²) in [7, 11) is -3.48. The molecule has 1 aromatic carbocycles. The molecular formula is C12H17FN2O3S. The predicted molar refractivity (Wildman–Crippen MR) is 70.7 cm³/mol. The van der Waals surface area contributed by atoms with Crippen molar-refractivity contribution in [2.24, 2.45) is 11.5 Å². The van der Waals surface area contributed by atoms with E-state index in [0.717, 1.165) is 6.07 Å². The topological polar surface area (TPSA) is 103 Å². The minimum atomic E-state index is -3.48. The molecule has 0 aliphatic rings. The SMILES string of the molecule is CCC(N)CS(=O)(=O)Cc1ccc(C(N)=O)cc1F. The van der Waals surface area contributed by atoms with Crippen LogP contribution in [0.5, 0.6) is 0 Å². The van der Waals surface area contributed by atoms with Crippen LogP contribution in [0, 0.1) is 5.82 Å². The van der Waals surface area contributed by atoms with Crippen molar-refractivity contribution in [3.8, 4) is 0 Å². The van der Waals surface area contributed by atoms with Gasteiger partial charge in [0, 0.05) is 17.2 Å². The molecule has 0 saturated heterocycles. The Morgan fingerprint density at radius 3 is 2.53 bits per heavy atom. The number of rotatable bonds is 6. The molecule has 0 saturated carbocycles. The number of halogens is 1. The maximum Gasteiger partial charge on any atom is 0.248 e. The molecule has 106 valence electrons. The van der Waals surface area contributed by atoms with E-state index in [9.17, 15) is 17.6 Å². The second kappa shape index (κ2) is 6.12. The van der Waals surface area contributed by atoms with Gasteiger partial charge in [-0.15, -0.1) is 0 Å². The number of hydrogen-bond donors (Lipinski definition) is 2. The number of hydrogen-bond acceptors (Lipinski definition) is 4. The van der Waals surface area contributed by atoms with Gasteiger partial charge in [0.15, 0.2) is 9.84 Å². The normalized spacial score (nSPS) is 13.2. The van der Waals surface area contributed by atoms with E-state index in [-0.39, 0.29) is 16.9 Å². The van der Waals surface area contributed by atoms with Crippen LogP contribution in [0.3, 0.4) is 0 Å². The Hall–Kier alpha value is -1.47. The molecule has 7 heteroatoms. The fourth-order valence-corrected chi connectivity index (χ4v) is 3.27. The van der Waals surface area contributed by atoms with E-state index >= 15 is 0 Å². The lowest BCUT2D eigenvalue weighted by Crippen LogP contribution is -2.29. The first-order chi connectivity index (χ1) is 8.75. The molecule has 1 atom stereocenters. The first kappa shape index (κ1) is 15.6. The molecule has 0 heterocycles. The Kier molecular flexibility index (Phi) is 5.02. The largest absolute Gasteiger partial charge is 0.366 e. The lowest BCUT2D eigenvalue weighted by Gasteiger charge is -2.10. The summed E-state index contributed by atoms with van der Waals surface area (Å²) in [5, 5.41) is 0. The minimum absolute atomic E-state index is 0.00362. The third-order valence-electron chi connectivity index (χ3n) is 2.71. The second-order valence-electron chi connectivity index (χ2n) is 4.39. The molecule has 19 heavy (non-hydrogen) atoms. The van der Waals surface area contributed by atoms with Crippen LogP contribution in [0.1, 0.15) is 29.3 Å². The maximum absolute atomic E-state index is 13.7. The van der Waals surface area contributed by atoms with Crippen LogP contribution in [-0.2, 0) is 15.6 Å². The molecule has 0 aliphatic heterocycles. The van der Waals surface area contributed by atoms with Gasteiger partial charge < -0.3 is 11.5 Å². The smallest absolute Gasteiger partial charge is 0.248 e. The lowest BCUT2D eigenvalue weighted by atomic mass is 10.1. The molecule has 0 fully saturated rings. The number of benzene rings is 1. The van der Waals surface area contributed by atoms with E-state index < -0.39 is 33.4 Å². The van der Waals surface area contributed by atoms with Crippen LogP contribution in [0.4, 0.5) is 4.39 Å². The van der Waals surface area contributed by atoms with Crippen molar-refractivity contribution < 1.29 is 17.6 Å². The van der Waals surface area contributed by atoms with Crippen LogP contribution >= 0.6 is 0 Å². The van der Waals surface area contributed by atoms with Gasteiger partial charge in [-0.05, 0) is 18.6 Å². The molecule has 0 aromatic heterocycles. The fourth-order valence-electron chi connectivity index (χ4n) is 1.56. The molecular weight excluding hydrogens is 271 g/mol. The van der Waals surface area contributed by atoms with Gasteiger partial charge in [0.1, 0.15) is 5.82 Å². The quantitative estimate of drug-likeness (QED) is 0.799. The molecule has 0 bridgehead atoms.